The van der Waals surface area contributed by atoms with Crippen LogP contribution in [0.1, 0.15) is 61.7 Å². The fourth-order valence-corrected chi connectivity index (χ4v) is 4.11. The van der Waals surface area contributed by atoms with Gasteiger partial charge in [-0.25, -0.2) is 0 Å². The molecule has 25 heavy (non-hydrogen) atoms. The minimum Gasteiger partial charge on any atom is -0.339 e. The van der Waals surface area contributed by atoms with E-state index in [0.717, 1.165) is 36.7 Å². The average molecular weight is 341 g/mol. The van der Waals surface area contributed by atoms with Gasteiger partial charge < -0.3 is 4.90 Å². The molecule has 2 heterocycles. The zero-order chi connectivity index (χ0) is 17.4. The minimum absolute atomic E-state index is 0.0195. The average Bonchev–Trinajstić information content (AvgIpc) is 3.37. The number of aromatic nitrogens is 1. The van der Waals surface area contributed by atoms with Crippen LogP contribution < -0.4 is 5.49 Å². The van der Waals surface area contributed by atoms with Crippen LogP contribution in [0.3, 0.4) is 0 Å². The number of hydrogen-bond acceptors (Lipinski definition) is 3. The summed E-state index contributed by atoms with van der Waals surface area (Å²) in [7, 11) is 0. The molecule has 0 spiro atoms. The lowest BCUT2D eigenvalue weighted by atomic mass is 9.96. The normalized spacial score (nSPS) is 25.6. The van der Waals surface area contributed by atoms with Gasteiger partial charge in [0.2, 0.25) is 11.8 Å². The van der Waals surface area contributed by atoms with Crippen molar-refractivity contribution in [2.24, 2.45) is 10.9 Å². The first-order valence-corrected chi connectivity index (χ1v) is 9.68. The van der Waals surface area contributed by atoms with Crippen molar-refractivity contribution in [2.45, 2.75) is 70.4 Å². The molecule has 1 aliphatic heterocycles. The maximum absolute atomic E-state index is 13.1. The lowest BCUT2D eigenvalue weighted by molar-refractivity contribution is -0.128. The zero-order valence-corrected chi connectivity index (χ0v) is 15.0. The number of rotatable bonds is 3. The molecule has 5 nitrogen and oxygen atoms in total. The van der Waals surface area contributed by atoms with Crippen LogP contribution in [-0.2, 0) is 4.79 Å². The van der Waals surface area contributed by atoms with Crippen LogP contribution in [0.25, 0.3) is 0 Å². The lowest BCUT2D eigenvalue weighted by Gasteiger charge is -2.19. The molecular formula is C20H27N3O2. The molecule has 3 aliphatic rings. The van der Waals surface area contributed by atoms with Crippen molar-refractivity contribution >= 4 is 11.8 Å². The molecule has 134 valence electrons. The molecule has 0 N–H and O–H groups in total. The Morgan fingerprint density at radius 3 is 2.64 bits per heavy atom. The Morgan fingerprint density at radius 2 is 1.92 bits per heavy atom. The first kappa shape index (κ1) is 16.6. The molecule has 2 aliphatic carbocycles. The van der Waals surface area contributed by atoms with Crippen LogP contribution in [0.4, 0.5) is 0 Å². The quantitative estimate of drug-likeness (QED) is 0.849. The second kappa shape index (κ2) is 6.77. The Morgan fingerprint density at radius 1 is 1.16 bits per heavy atom. The van der Waals surface area contributed by atoms with E-state index in [1.165, 1.54) is 19.3 Å². The summed E-state index contributed by atoms with van der Waals surface area (Å²) in [6, 6.07) is 4.66. The topological polar surface area (TPSA) is 54.7 Å². The predicted octanol–water partition coefficient (Wildman–Crippen LogP) is 2.68. The molecule has 0 radical (unpaired) electrons. The largest absolute Gasteiger partial charge is 0.339 e. The van der Waals surface area contributed by atoms with Gasteiger partial charge in [-0.1, -0.05) is 19.3 Å². The fourth-order valence-electron chi connectivity index (χ4n) is 4.11. The van der Waals surface area contributed by atoms with Gasteiger partial charge in [0.05, 0.1) is 12.0 Å². The van der Waals surface area contributed by atoms with Gasteiger partial charge in [0, 0.05) is 25.2 Å². The first-order chi connectivity index (χ1) is 12.1. The third-order valence-corrected chi connectivity index (χ3v) is 5.71. The predicted molar refractivity (Wildman–Crippen MR) is 95.1 cm³/mol. The van der Waals surface area contributed by atoms with Gasteiger partial charge in [0.25, 0.3) is 0 Å². The standard InChI is InChI=1S/C20H27N3O2/c1-14-9-10-22(18(11-14)21-16-5-3-2-4-6-16)20(25)15-12-19(24)23(13-15)17-7-8-17/h9-11,15-17H,2-8,12-13H2,1H3. The Kier molecular flexibility index (Phi) is 4.48. The smallest absolute Gasteiger partial charge is 0.237 e. The van der Waals surface area contributed by atoms with E-state index in [-0.39, 0.29) is 17.7 Å². The summed E-state index contributed by atoms with van der Waals surface area (Å²) in [5.74, 6) is -0.0773. The molecular weight excluding hydrogens is 314 g/mol. The van der Waals surface area contributed by atoms with Crippen molar-refractivity contribution < 1.29 is 9.59 Å². The van der Waals surface area contributed by atoms with Gasteiger partial charge in [-0.2, -0.15) is 0 Å². The second-order valence-electron chi connectivity index (χ2n) is 7.87. The molecule has 4 rings (SSSR count). The molecule has 1 saturated heterocycles. The van der Waals surface area contributed by atoms with E-state index < -0.39 is 0 Å². The summed E-state index contributed by atoms with van der Waals surface area (Å²) >= 11 is 0. The highest BCUT2D eigenvalue weighted by molar-refractivity contribution is 5.90. The number of carbonyl (C=O) groups is 2. The van der Waals surface area contributed by atoms with Crippen molar-refractivity contribution in [1.29, 1.82) is 0 Å². The van der Waals surface area contributed by atoms with Crippen molar-refractivity contribution in [1.82, 2.24) is 9.47 Å². The molecule has 1 unspecified atom stereocenters. The Balaban J connectivity index is 1.60. The first-order valence-electron chi connectivity index (χ1n) is 9.68. The Hall–Kier alpha value is -1.91. The number of amides is 1. The summed E-state index contributed by atoms with van der Waals surface area (Å²) in [6.45, 7) is 2.61. The molecule has 0 aromatic carbocycles. The fraction of sp³-hybridized carbons (Fsp3) is 0.650. The zero-order valence-electron chi connectivity index (χ0n) is 15.0. The molecule has 1 amide bonds. The van der Waals surface area contributed by atoms with Crippen LogP contribution in [0.15, 0.2) is 23.3 Å². The van der Waals surface area contributed by atoms with Gasteiger partial charge in [0.15, 0.2) is 0 Å². The number of aryl methyl sites for hydroxylation is 1. The summed E-state index contributed by atoms with van der Waals surface area (Å²) < 4.78 is 1.69. The third kappa shape index (κ3) is 3.55. The molecule has 2 saturated carbocycles. The lowest BCUT2D eigenvalue weighted by Crippen LogP contribution is -2.35. The van der Waals surface area contributed by atoms with Crippen molar-refractivity contribution in [2.75, 3.05) is 6.54 Å². The molecule has 0 bridgehead atoms. The monoisotopic (exact) mass is 341 g/mol. The van der Waals surface area contributed by atoms with E-state index in [1.54, 1.807) is 4.57 Å². The van der Waals surface area contributed by atoms with E-state index in [0.29, 0.717) is 25.0 Å². The minimum atomic E-state index is -0.235. The Bertz CT molecular complexity index is 742. The third-order valence-electron chi connectivity index (χ3n) is 5.71. The number of likely N-dealkylation sites (tertiary alicyclic amines) is 1. The van der Waals surface area contributed by atoms with Crippen molar-refractivity contribution in [3.05, 3.63) is 29.4 Å². The summed E-state index contributed by atoms with van der Waals surface area (Å²) in [6.07, 6.45) is 10.3. The van der Waals surface area contributed by atoms with Gasteiger partial charge in [-0.3, -0.25) is 19.1 Å². The van der Waals surface area contributed by atoms with Crippen LogP contribution >= 0.6 is 0 Å². The van der Waals surface area contributed by atoms with Crippen LogP contribution in [-0.4, -0.2) is 39.9 Å². The number of carbonyl (C=O) groups excluding carboxylic acids is 2. The van der Waals surface area contributed by atoms with E-state index in [2.05, 4.69) is 0 Å². The van der Waals surface area contributed by atoms with Crippen molar-refractivity contribution in [3.8, 4) is 0 Å². The maximum atomic E-state index is 13.1. The highest BCUT2D eigenvalue weighted by Crippen LogP contribution is 2.33. The summed E-state index contributed by atoms with van der Waals surface area (Å²) in [5.41, 5.74) is 1.87. The van der Waals surface area contributed by atoms with Crippen molar-refractivity contribution in [3.63, 3.8) is 0 Å². The second-order valence-corrected chi connectivity index (χ2v) is 7.87. The van der Waals surface area contributed by atoms with E-state index in [4.69, 9.17) is 4.99 Å². The molecule has 1 aromatic heterocycles. The van der Waals surface area contributed by atoms with Gasteiger partial charge in [0.1, 0.15) is 5.49 Å². The van der Waals surface area contributed by atoms with Gasteiger partial charge >= 0.3 is 0 Å². The number of nitrogens with zero attached hydrogens (tertiary/aromatic N) is 3. The molecule has 1 atom stereocenters. The van der Waals surface area contributed by atoms with Crippen LogP contribution in [0.5, 0.6) is 0 Å². The molecule has 3 fully saturated rings. The SMILES string of the molecule is Cc1ccn(C(=O)C2CC(=O)N(C3CC3)C2)c(=NC2CCCCC2)c1. The highest BCUT2D eigenvalue weighted by atomic mass is 16.2. The number of hydrogen-bond donors (Lipinski definition) is 0. The van der Waals surface area contributed by atoms with Gasteiger partial charge in [-0.15, -0.1) is 0 Å². The van der Waals surface area contributed by atoms with E-state index >= 15 is 0 Å². The summed E-state index contributed by atoms with van der Waals surface area (Å²) in [5, 5.41) is 0. The van der Waals surface area contributed by atoms with Crippen LogP contribution in [0.2, 0.25) is 0 Å². The van der Waals surface area contributed by atoms with Crippen LogP contribution in [0, 0.1) is 12.8 Å². The highest BCUT2D eigenvalue weighted by Gasteiger charge is 2.42. The van der Waals surface area contributed by atoms with E-state index in [9.17, 15) is 9.59 Å². The van der Waals surface area contributed by atoms with E-state index in [1.807, 2.05) is 30.2 Å². The summed E-state index contributed by atoms with van der Waals surface area (Å²) in [4.78, 5) is 32.1. The van der Waals surface area contributed by atoms with Gasteiger partial charge in [-0.05, 0) is 50.3 Å². The maximum Gasteiger partial charge on any atom is 0.237 e. The Labute approximate surface area is 148 Å². The molecule has 1 aromatic rings. The number of pyridine rings is 1. The molecule has 5 heteroatoms.